The van der Waals surface area contributed by atoms with Gasteiger partial charge in [0, 0.05) is 5.56 Å². The number of hydrogen-bond donors (Lipinski definition) is 0. The minimum Gasteiger partial charge on any atom is -0.482 e. The van der Waals surface area contributed by atoms with Crippen LogP contribution in [0.25, 0.3) is 11.4 Å². The molecule has 0 aliphatic carbocycles. The van der Waals surface area contributed by atoms with E-state index in [1.807, 2.05) is 32.0 Å². The highest BCUT2D eigenvalue weighted by Crippen LogP contribution is 2.35. The Morgan fingerprint density at radius 2 is 1.90 bits per heavy atom. The van der Waals surface area contributed by atoms with E-state index in [2.05, 4.69) is 10.1 Å². The molecule has 8 nitrogen and oxygen atoms in total. The molecule has 1 aliphatic rings. The van der Waals surface area contributed by atoms with Crippen molar-refractivity contribution in [3.05, 3.63) is 53.4 Å². The van der Waals surface area contributed by atoms with Gasteiger partial charge in [0.25, 0.3) is 5.91 Å². The van der Waals surface area contributed by atoms with Crippen LogP contribution in [0.2, 0.25) is 0 Å². The molecule has 9 heteroatoms. The average molecular weight is 427 g/mol. The minimum absolute atomic E-state index is 0.0165. The van der Waals surface area contributed by atoms with Gasteiger partial charge in [0.2, 0.25) is 11.7 Å². The van der Waals surface area contributed by atoms with E-state index in [1.165, 1.54) is 17.0 Å². The molecule has 156 valence electrons. The van der Waals surface area contributed by atoms with Gasteiger partial charge < -0.3 is 9.26 Å². The highest BCUT2D eigenvalue weighted by atomic mass is 32.2. The maximum absolute atomic E-state index is 12.5. The minimum atomic E-state index is -3.43. The first kappa shape index (κ1) is 20.1. The van der Waals surface area contributed by atoms with E-state index in [0.717, 1.165) is 16.7 Å². The molecule has 30 heavy (non-hydrogen) atoms. The molecule has 0 saturated carbocycles. The third-order valence-corrected chi connectivity index (χ3v) is 6.87. The maximum Gasteiger partial charge on any atom is 0.265 e. The van der Waals surface area contributed by atoms with Crippen molar-refractivity contribution < 1.29 is 22.5 Å². The fourth-order valence-corrected chi connectivity index (χ4v) is 4.07. The third kappa shape index (κ3) is 3.68. The van der Waals surface area contributed by atoms with Crippen LogP contribution in [-0.2, 0) is 21.2 Å². The van der Waals surface area contributed by atoms with E-state index in [4.69, 9.17) is 9.26 Å². The number of aromatic nitrogens is 2. The van der Waals surface area contributed by atoms with Gasteiger partial charge in [-0.15, -0.1) is 0 Å². The highest BCUT2D eigenvalue weighted by molar-refractivity contribution is 7.91. The number of anilines is 1. The summed E-state index contributed by atoms with van der Waals surface area (Å²) in [5.41, 5.74) is 3.46. The number of aryl methyl sites for hydroxylation is 2. The molecule has 0 N–H and O–H groups in total. The van der Waals surface area contributed by atoms with Crippen molar-refractivity contribution in [2.75, 3.05) is 17.3 Å². The van der Waals surface area contributed by atoms with Crippen LogP contribution in [0, 0.1) is 13.8 Å². The molecule has 1 amide bonds. The summed E-state index contributed by atoms with van der Waals surface area (Å²) < 4.78 is 35.3. The molecule has 0 saturated heterocycles. The zero-order valence-corrected chi connectivity index (χ0v) is 17.7. The lowest BCUT2D eigenvalue weighted by Crippen LogP contribution is -2.38. The van der Waals surface area contributed by atoms with Crippen LogP contribution in [0.3, 0.4) is 0 Å². The van der Waals surface area contributed by atoms with Crippen LogP contribution in [0.1, 0.15) is 23.9 Å². The van der Waals surface area contributed by atoms with Crippen LogP contribution >= 0.6 is 0 Å². The highest BCUT2D eigenvalue weighted by Gasteiger charge is 2.29. The lowest BCUT2D eigenvalue weighted by molar-refractivity contribution is -0.121. The van der Waals surface area contributed by atoms with Crippen molar-refractivity contribution in [3.8, 4) is 17.1 Å². The number of nitrogens with zero attached hydrogens (tertiary/aromatic N) is 3. The molecule has 2 heterocycles. The zero-order valence-electron chi connectivity index (χ0n) is 16.9. The summed E-state index contributed by atoms with van der Waals surface area (Å²) in [6, 6.07) is 10.4. The smallest absolute Gasteiger partial charge is 0.265 e. The Hall–Kier alpha value is -3.20. The van der Waals surface area contributed by atoms with E-state index in [9.17, 15) is 13.2 Å². The lowest BCUT2D eigenvalue weighted by Gasteiger charge is -2.28. The van der Waals surface area contributed by atoms with Crippen LogP contribution in [0.5, 0.6) is 5.75 Å². The predicted molar refractivity (Wildman–Crippen MR) is 110 cm³/mol. The number of ether oxygens (including phenoxy) is 1. The van der Waals surface area contributed by atoms with Crippen molar-refractivity contribution in [1.29, 1.82) is 0 Å². The number of hydrogen-bond acceptors (Lipinski definition) is 7. The largest absolute Gasteiger partial charge is 0.482 e. The third-order valence-electron chi connectivity index (χ3n) is 5.14. The van der Waals surface area contributed by atoms with Crippen molar-refractivity contribution in [3.63, 3.8) is 0 Å². The number of benzene rings is 2. The van der Waals surface area contributed by atoms with Gasteiger partial charge in [-0.05, 0) is 49.2 Å². The summed E-state index contributed by atoms with van der Waals surface area (Å²) in [5.74, 6) is 0.742. The van der Waals surface area contributed by atoms with Gasteiger partial charge >= 0.3 is 0 Å². The summed E-state index contributed by atoms with van der Waals surface area (Å²) in [6.45, 7) is 5.47. The Morgan fingerprint density at radius 1 is 1.10 bits per heavy atom. The van der Waals surface area contributed by atoms with E-state index in [0.29, 0.717) is 17.3 Å². The number of sulfone groups is 1. The number of carbonyl (C=O) groups excluding carboxylic acids is 1. The van der Waals surface area contributed by atoms with E-state index >= 15 is 0 Å². The summed E-state index contributed by atoms with van der Waals surface area (Å²) in [4.78, 5) is 18.5. The zero-order chi connectivity index (χ0) is 21.5. The molecule has 2 aromatic carbocycles. The van der Waals surface area contributed by atoms with Crippen LogP contribution in [-0.4, -0.2) is 36.8 Å². The number of amides is 1. The molecular weight excluding hydrogens is 406 g/mol. The van der Waals surface area contributed by atoms with Gasteiger partial charge in [0.15, 0.2) is 16.4 Å². The number of carbonyl (C=O) groups is 1. The summed E-state index contributed by atoms with van der Waals surface area (Å²) >= 11 is 0. The molecule has 0 fully saturated rings. The molecule has 1 aliphatic heterocycles. The average Bonchev–Trinajstić information content (AvgIpc) is 3.20. The van der Waals surface area contributed by atoms with Gasteiger partial charge in [0.05, 0.1) is 16.3 Å². The van der Waals surface area contributed by atoms with Crippen molar-refractivity contribution >= 4 is 21.4 Å². The Morgan fingerprint density at radius 3 is 2.63 bits per heavy atom. The van der Waals surface area contributed by atoms with Crippen molar-refractivity contribution in [2.45, 2.75) is 32.2 Å². The van der Waals surface area contributed by atoms with E-state index in [1.54, 1.807) is 13.0 Å². The fraction of sp³-hybridized carbons (Fsp3) is 0.286. The molecule has 3 aromatic rings. The lowest BCUT2D eigenvalue weighted by atomic mass is 10.1. The molecule has 0 unspecified atom stereocenters. The quantitative estimate of drug-likeness (QED) is 0.616. The van der Waals surface area contributed by atoms with E-state index in [-0.39, 0.29) is 35.6 Å². The normalized spacial score (nSPS) is 13.8. The first-order valence-electron chi connectivity index (χ1n) is 9.48. The molecule has 0 radical (unpaired) electrons. The van der Waals surface area contributed by atoms with Gasteiger partial charge in [-0.3, -0.25) is 9.69 Å². The number of rotatable bonds is 5. The Balaban J connectivity index is 1.66. The predicted octanol–water partition coefficient (Wildman–Crippen LogP) is 3.07. The first-order valence-corrected chi connectivity index (χ1v) is 11.1. The van der Waals surface area contributed by atoms with Crippen molar-refractivity contribution in [2.24, 2.45) is 0 Å². The van der Waals surface area contributed by atoms with Crippen LogP contribution < -0.4 is 9.64 Å². The Bertz CT molecular complexity index is 1230. The molecule has 4 rings (SSSR count). The summed E-state index contributed by atoms with van der Waals surface area (Å²) in [6.07, 6.45) is 0. The first-order chi connectivity index (χ1) is 14.3. The Kier molecular flexibility index (Phi) is 5.07. The summed E-state index contributed by atoms with van der Waals surface area (Å²) in [5, 5.41) is 4.02. The van der Waals surface area contributed by atoms with Crippen molar-refractivity contribution in [1.82, 2.24) is 10.1 Å². The molecule has 0 bridgehead atoms. The van der Waals surface area contributed by atoms with Gasteiger partial charge in [-0.2, -0.15) is 4.98 Å². The molecular formula is C21H21N3O5S. The molecule has 1 aromatic heterocycles. The molecule has 0 atom stereocenters. The van der Waals surface area contributed by atoms with Crippen LogP contribution in [0.4, 0.5) is 5.69 Å². The SMILES string of the molecule is CCS(=O)(=O)c1ccc2c(c1)N(Cc1nc(-c3ccc(C)c(C)c3)no1)C(=O)CO2. The fourth-order valence-electron chi connectivity index (χ4n) is 3.17. The standard InChI is InChI=1S/C21H21N3O5S/c1-4-30(26,27)16-7-8-18-17(10-16)24(20(25)12-28-18)11-19-22-21(23-29-19)15-6-5-13(2)14(3)9-15/h5-10H,4,11-12H2,1-3H3. The topological polar surface area (TPSA) is 103 Å². The van der Waals surface area contributed by atoms with Gasteiger partial charge in [-0.25, -0.2) is 8.42 Å². The van der Waals surface area contributed by atoms with Gasteiger partial charge in [0.1, 0.15) is 12.3 Å². The Labute approximate surface area is 174 Å². The second-order valence-corrected chi connectivity index (χ2v) is 9.39. The van der Waals surface area contributed by atoms with Crippen LogP contribution in [0.15, 0.2) is 45.8 Å². The second-order valence-electron chi connectivity index (χ2n) is 7.11. The number of fused-ring (bicyclic) bond motifs is 1. The monoisotopic (exact) mass is 427 g/mol. The maximum atomic E-state index is 12.5. The second kappa shape index (κ2) is 7.56. The van der Waals surface area contributed by atoms with E-state index < -0.39 is 9.84 Å². The summed E-state index contributed by atoms with van der Waals surface area (Å²) in [7, 11) is -3.43. The molecule has 0 spiro atoms. The van der Waals surface area contributed by atoms with Gasteiger partial charge in [-0.1, -0.05) is 24.2 Å².